The van der Waals surface area contributed by atoms with Crippen LogP contribution < -0.4 is 5.32 Å². The molecule has 0 aliphatic heterocycles. The molecule has 6 nitrogen and oxygen atoms in total. The van der Waals surface area contributed by atoms with E-state index in [0.29, 0.717) is 12.1 Å². The molecule has 0 radical (unpaired) electrons. The van der Waals surface area contributed by atoms with E-state index in [1.54, 1.807) is 10.9 Å². The highest BCUT2D eigenvalue weighted by Crippen LogP contribution is 2.04. The highest BCUT2D eigenvalue weighted by molar-refractivity contribution is 5.94. The Morgan fingerprint density at radius 1 is 1.32 bits per heavy atom. The molecule has 0 unspecified atom stereocenters. The first-order valence-electron chi connectivity index (χ1n) is 6.34. The minimum Gasteiger partial charge on any atom is -0.352 e. The van der Waals surface area contributed by atoms with Crippen molar-refractivity contribution in [3.63, 3.8) is 0 Å². The summed E-state index contributed by atoms with van der Waals surface area (Å²) < 4.78 is 3.58. The third-order valence-electron chi connectivity index (χ3n) is 3.09. The number of carbonyl (C=O) groups is 1. The third kappa shape index (κ3) is 3.21. The average Bonchev–Trinajstić information content (AvgIpc) is 2.93. The number of rotatable bonds is 5. The smallest absolute Gasteiger partial charge is 0.254 e. The Labute approximate surface area is 112 Å². The zero-order chi connectivity index (χ0) is 13.8. The fourth-order valence-corrected chi connectivity index (χ4v) is 1.85. The Hall–Kier alpha value is -2.11. The fourth-order valence-electron chi connectivity index (χ4n) is 1.85. The summed E-state index contributed by atoms with van der Waals surface area (Å²) in [5, 5.41) is 11.2. The molecule has 2 aromatic rings. The lowest BCUT2D eigenvalue weighted by Crippen LogP contribution is -2.25. The van der Waals surface area contributed by atoms with Crippen molar-refractivity contribution in [2.75, 3.05) is 6.54 Å². The van der Waals surface area contributed by atoms with Crippen LogP contribution in [0.2, 0.25) is 0 Å². The Morgan fingerprint density at radius 3 is 2.68 bits per heavy atom. The molecule has 0 bridgehead atoms. The monoisotopic (exact) mass is 261 g/mol. The van der Waals surface area contributed by atoms with E-state index in [1.807, 2.05) is 38.0 Å². The molecule has 2 heterocycles. The van der Waals surface area contributed by atoms with E-state index in [-0.39, 0.29) is 5.91 Å². The Kier molecular flexibility index (Phi) is 3.99. The number of hydrogen-bond donors (Lipinski definition) is 1. The SMILES string of the molecule is Cc1cnn(CCCNC(=O)c2cnn(C)c2C)c1. The van der Waals surface area contributed by atoms with Crippen LogP contribution in [0.1, 0.15) is 28.0 Å². The van der Waals surface area contributed by atoms with Crippen LogP contribution in [0.5, 0.6) is 0 Å². The number of hydrogen-bond acceptors (Lipinski definition) is 3. The zero-order valence-electron chi connectivity index (χ0n) is 11.6. The zero-order valence-corrected chi connectivity index (χ0v) is 11.6. The lowest BCUT2D eigenvalue weighted by molar-refractivity contribution is 0.0952. The van der Waals surface area contributed by atoms with E-state index in [2.05, 4.69) is 15.5 Å². The van der Waals surface area contributed by atoms with Crippen molar-refractivity contribution < 1.29 is 4.79 Å². The minimum atomic E-state index is -0.0674. The van der Waals surface area contributed by atoms with E-state index in [0.717, 1.165) is 24.2 Å². The first kappa shape index (κ1) is 13.3. The van der Waals surface area contributed by atoms with Crippen molar-refractivity contribution in [2.45, 2.75) is 26.8 Å². The molecule has 6 heteroatoms. The Bertz CT molecular complexity index is 569. The third-order valence-corrected chi connectivity index (χ3v) is 3.09. The van der Waals surface area contributed by atoms with Crippen molar-refractivity contribution in [2.24, 2.45) is 7.05 Å². The molecule has 2 aromatic heterocycles. The molecule has 0 saturated carbocycles. The first-order chi connectivity index (χ1) is 9.08. The van der Waals surface area contributed by atoms with Gasteiger partial charge in [0, 0.05) is 32.0 Å². The van der Waals surface area contributed by atoms with Crippen LogP contribution in [0.15, 0.2) is 18.6 Å². The molecule has 0 aliphatic rings. The van der Waals surface area contributed by atoms with Gasteiger partial charge in [0.05, 0.1) is 18.0 Å². The van der Waals surface area contributed by atoms with E-state index >= 15 is 0 Å². The number of aromatic nitrogens is 4. The summed E-state index contributed by atoms with van der Waals surface area (Å²) >= 11 is 0. The summed E-state index contributed by atoms with van der Waals surface area (Å²) in [5.41, 5.74) is 2.66. The van der Waals surface area contributed by atoms with E-state index in [4.69, 9.17) is 0 Å². The quantitative estimate of drug-likeness (QED) is 0.818. The summed E-state index contributed by atoms with van der Waals surface area (Å²) in [6.07, 6.45) is 6.28. The average molecular weight is 261 g/mol. The summed E-state index contributed by atoms with van der Waals surface area (Å²) in [6.45, 7) is 5.33. The Balaban J connectivity index is 1.77. The van der Waals surface area contributed by atoms with E-state index in [9.17, 15) is 4.79 Å². The molecule has 0 spiro atoms. The maximum absolute atomic E-state index is 11.9. The first-order valence-corrected chi connectivity index (χ1v) is 6.34. The maximum Gasteiger partial charge on any atom is 0.254 e. The molecular weight excluding hydrogens is 242 g/mol. The van der Waals surface area contributed by atoms with Crippen LogP contribution in [0.25, 0.3) is 0 Å². The minimum absolute atomic E-state index is 0.0674. The number of nitrogens with one attached hydrogen (secondary N) is 1. The van der Waals surface area contributed by atoms with Crippen LogP contribution >= 0.6 is 0 Å². The van der Waals surface area contributed by atoms with Gasteiger partial charge in [0.25, 0.3) is 5.91 Å². The van der Waals surface area contributed by atoms with Crippen LogP contribution in [-0.4, -0.2) is 32.0 Å². The molecule has 2 rings (SSSR count). The van der Waals surface area contributed by atoms with Crippen LogP contribution in [-0.2, 0) is 13.6 Å². The number of carbonyl (C=O) groups excluding carboxylic acids is 1. The number of amides is 1. The summed E-state index contributed by atoms with van der Waals surface area (Å²) in [5.74, 6) is -0.0674. The largest absolute Gasteiger partial charge is 0.352 e. The van der Waals surface area contributed by atoms with Crippen molar-refractivity contribution in [1.29, 1.82) is 0 Å². The van der Waals surface area contributed by atoms with Crippen molar-refractivity contribution in [1.82, 2.24) is 24.9 Å². The van der Waals surface area contributed by atoms with Crippen molar-refractivity contribution >= 4 is 5.91 Å². The van der Waals surface area contributed by atoms with Gasteiger partial charge in [0.2, 0.25) is 0 Å². The number of nitrogens with zero attached hydrogens (tertiary/aromatic N) is 4. The topological polar surface area (TPSA) is 64.7 Å². The maximum atomic E-state index is 11.9. The van der Waals surface area contributed by atoms with Gasteiger partial charge in [0.15, 0.2) is 0 Å². The van der Waals surface area contributed by atoms with Crippen LogP contribution in [0, 0.1) is 13.8 Å². The summed E-state index contributed by atoms with van der Waals surface area (Å²) in [4.78, 5) is 11.9. The van der Waals surface area contributed by atoms with Crippen LogP contribution in [0.3, 0.4) is 0 Å². The van der Waals surface area contributed by atoms with Crippen molar-refractivity contribution in [3.8, 4) is 0 Å². The number of aryl methyl sites for hydroxylation is 3. The second kappa shape index (κ2) is 5.69. The van der Waals surface area contributed by atoms with Gasteiger partial charge in [-0.15, -0.1) is 0 Å². The fraction of sp³-hybridized carbons (Fsp3) is 0.462. The highest BCUT2D eigenvalue weighted by atomic mass is 16.1. The van der Waals surface area contributed by atoms with Gasteiger partial charge in [0.1, 0.15) is 0 Å². The highest BCUT2D eigenvalue weighted by Gasteiger charge is 2.11. The van der Waals surface area contributed by atoms with E-state index < -0.39 is 0 Å². The predicted octanol–water partition coefficient (Wildman–Crippen LogP) is 1.05. The van der Waals surface area contributed by atoms with Gasteiger partial charge in [-0.05, 0) is 25.8 Å². The predicted molar refractivity (Wildman–Crippen MR) is 71.9 cm³/mol. The second-order valence-electron chi connectivity index (χ2n) is 4.66. The molecule has 0 aliphatic carbocycles. The standard InChI is InChI=1S/C13H19N5O/c1-10-7-16-18(9-10)6-4-5-14-13(19)12-8-15-17(3)11(12)2/h7-9H,4-6H2,1-3H3,(H,14,19). The van der Waals surface area contributed by atoms with Crippen LogP contribution in [0.4, 0.5) is 0 Å². The molecule has 0 saturated heterocycles. The molecule has 1 N–H and O–H groups in total. The normalized spacial score (nSPS) is 10.7. The van der Waals surface area contributed by atoms with Gasteiger partial charge in [-0.2, -0.15) is 10.2 Å². The van der Waals surface area contributed by atoms with E-state index in [1.165, 1.54) is 0 Å². The molecule has 1 amide bonds. The lowest BCUT2D eigenvalue weighted by Gasteiger charge is -2.05. The molecular formula is C13H19N5O. The Morgan fingerprint density at radius 2 is 2.11 bits per heavy atom. The van der Waals surface area contributed by atoms with Crippen molar-refractivity contribution in [3.05, 3.63) is 35.4 Å². The molecule has 102 valence electrons. The van der Waals surface area contributed by atoms with Gasteiger partial charge in [-0.25, -0.2) is 0 Å². The van der Waals surface area contributed by atoms with Gasteiger partial charge < -0.3 is 5.32 Å². The summed E-state index contributed by atoms with van der Waals surface area (Å²) in [7, 11) is 1.83. The summed E-state index contributed by atoms with van der Waals surface area (Å²) in [6, 6.07) is 0. The molecule has 0 fully saturated rings. The molecule has 0 atom stereocenters. The van der Waals surface area contributed by atoms with Gasteiger partial charge in [-0.1, -0.05) is 0 Å². The lowest BCUT2D eigenvalue weighted by atomic mass is 10.2. The van der Waals surface area contributed by atoms with Gasteiger partial charge in [-0.3, -0.25) is 14.2 Å². The molecule has 19 heavy (non-hydrogen) atoms. The second-order valence-corrected chi connectivity index (χ2v) is 4.66. The molecule has 0 aromatic carbocycles. The van der Waals surface area contributed by atoms with Gasteiger partial charge >= 0.3 is 0 Å².